The molecule has 0 N–H and O–H groups in total. The lowest BCUT2D eigenvalue weighted by molar-refractivity contribution is -0.384. The fraction of sp³-hybridized carbons (Fsp3) is 0.500. The third-order valence-electron chi connectivity index (χ3n) is 3.03. The molecule has 2 rings (SSSR count). The number of rotatable bonds is 3. The van der Waals surface area contributed by atoms with Gasteiger partial charge >= 0.3 is 0 Å². The van der Waals surface area contributed by atoms with E-state index in [0.717, 1.165) is 5.56 Å². The zero-order valence-corrected chi connectivity index (χ0v) is 9.81. The Morgan fingerprint density at radius 1 is 1.33 bits per heavy atom. The minimum Gasteiger partial charge on any atom is -0.293 e. The molecular formula is C12H14F2N2O2. The molecule has 0 bridgehead atoms. The highest BCUT2D eigenvalue weighted by Gasteiger charge is 2.34. The molecule has 6 heteroatoms. The van der Waals surface area contributed by atoms with Gasteiger partial charge in [0.15, 0.2) is 0 Å². The van der Waals surface area contributed by atoms with Crippen molar-refractivity contribution < 1.29 is 13.7 Å². The van der Waals surface area contributed by atoms with Gasteiger partial charge in [0.2, 0.25) is 0 Å². The summed E-state index contributed by atoms with van der Waals surface area (Å²) in [6, 6.07) is 6.03. The van der Waals surface area contributed by atoms with E-state index in [1.54, 1.807) is 17.0 Å². The SMILES string of the molecule is O=[N+]([O-])c1ccc(CN2CCCC(F)(F)C2)cc1. The van der Waals surface area contributed by atoms with Crippen LogP contribution >= 0.6 is 0 Å². The number of halogens is 2. The van der Waals surface area contributed by atoms with Crippen molar-refractivity contribution in [1.82, 2.24) is 4.90 Å². The summed E-state index contributed by atoms with van der Waals surface area (Å²) in [7, 11) is 0. The van der Waals surface area contributed by atoms with E-state index in [-0.39, 0.29) is 18.7 Å². The van der Waals surface area contributed by atoms with E-state index >= 15 is 0 Å². The summed E-state index contributed by atoms with van der Waals surface area (Å²) < 4.78 is 26.4. The van der Waals surface area contributed by atoms with E-state index in [4.69, 9.17) is 0 Å². The normalized spacial score (nSPS) is 19.7. The molecule has 1 fully saturated rings. The highest BCUT2D eigenvalue weighted by molar-refractivity contribution is 5.32. The molecule has 1 heterocycles. The first-order valence-electron chi connectivity index (χ1n) is 5.80. The summed E-state index contributed by atoms with van der Waals surface area (Å²) >= 11 is 0. The molecule has 4 nitrogen and oxygen atoms in total. The van der Waals surface area contributed by atoms with Crippen molar-refractivity contribution in [3.63, 3.8) is 0 Å². The Morgan fingerprint density at radius 3 is 2.56 bits per heavy atom. The van der Waals surface area contributed by atoms with Gasteiger partial charge in [0, 0.05) is 25.1 Å². The lowest BCUT2D eigenvalue weighted by Crippen LogP contribution is -2.41. The number of nitro benzene ring substituents is 1. The van der Waals surface area contributed by atoms with E-state index in [9.17, 15) is 18.9 Å². The van der Waals surface area contributed by atoms with Gasteiger partial charge in [-0.25, -0.2) is 8.78 Å². The molecule has 18 heavy (non-hydrogen) atoms. The summed E-state index contributed by atoms with van der Waals surface area (Å²) in [5, 5.41) is 10.5. The molecule has 0 radical (unpaired) electrons. The number of nitro groups is 1. The van der Waals surface area contributed by atoms with E-state index < -0.39 is 10.8 Å². The first kappa shape index (κ1) is 12.9. The lowest BCUT2D eigenvalue weighted by Gasteiger charge is -2.32. The van der Waals surface area contributed by atoms with Gasteiger partial charge < -0.3 is 0 Å². The van der Waals surface area contributed by atoms with Crippen LogP contribution in [-0.2, 0) is 6.54 Å². The van der Waals surface area contributed by atoms with Crippen LogP contribution in [0.3, 0.4) is 0 Å². The Bertz CT molecular complexity index is 434. The summed E-state index contributed by atoms with van der Waals surface area (Å²) in [5.74, 6) is -2.61. The Morgan fingerprint density at radius 2 is 2.00 bits per heavy atom. The maximum Gasteiger partial charge on any atom is 0.269 e. The third-order valence-corrected chi connectivity index (χ3v) is 3.03. The van der Waals surface area contributed by atoms with Gasteiger partial charge in [0.25, 0.3) is 11.6 Å². The van der Waals surface area contributed by atoms with E-state index in [2.05, 4.69) is 0 Å². The Hall–Kier alpha value is -1.56. The number of likely N-dealkylation sites (tertiary alicyclic amines) is 1. The Kier molecular flexibility index (Phi) is 3.56. The monoisotopic (exact) mass is 256 g/mol. The quantitative estimate of drug-likeness (QED) is 0.617. The number of benzene rings is 1. The van der Waals surface area contributed by atoms with E-state index in [1.165, 1.54) is 12.1 Å². The number of non-ortho nitro benzene ring substituents is 1. The fourth-order valence-electron chi connectivity index (χ4n) is 2.16. The first-order chi connectivity index (χ1) is 8.46. The molecule has 0 atom stereocenters. The number of piperidine rings is 1. The van der Waals surface area contributed by atoms with Crippen LogP contribution < -0.4 is 0 Å². The number of alkyl halides is 2. The predicted molar refractivity (Wildman–Crippen MR) is 62.6 cm³/mol. The van der Waals surface area contributed by atoms with Gasteiger partial charge in [-0.15, -0.1) is 0 Å². The fourth-order valence-corrected chi connectivity index (χ4v) is 2.16. The summed E-state index contributed by atoms with van der Waals surface area (Å²) in [4.78, 5) is 11.7. The highest BCUT2D eigenvalue weighted by Crippen LogP contribution is 2.27. The number of nitrogens with zero attached hydrogens (tertiary/aromatic N) is 2. The van der Waals surface area contributed by atoms with Crippen molar-refractivity contribution in [2.75, 3.05) is 13.1 Å². The summed E-state index contributed by atoms with van der Waals surface area (Å²) in [6.07, 6.45) is 0.434. The van der Waals surface area contributed by atoms with Gasteiger partial charge in [-0.1, -0.05) is 12.1 Å². The second kappa shape index (κ2) is 4.97. The highest BCUT2D eigenvalue weighted by atomic mass is 19.3. The molecule has 0 amide bonds. The van der Waals surface area contributed by atoms with Crippen LogP contribution in [0.15, 0.2) is 24.3 Å². The van der Waals surface area contributed by atoms with Crippen molar-refractivity contribution in [3.8, 4) is 0 Å². The molecule has 98 valence electrons. The molecule has 1 aromatic carbocycles. The van der Waals surface area contributed by atoms with Gasteiger partial charge in [0.1, 0.15) is 0 Å². The molecule has 0 saturated carbocycles. The van der Waals surface area contributed by atoms with Crippen LogP contribution in [0.2, 0.25) is 0 Å². The molecule has 0 aliphatic carbocycles. The standard InChI is InChI=1S/C12H14F2N2O2/c13-12(14)6-1-7-15(9-12)8-10-2-4-11(5-3-10)16(17)18/h2-5H,1,6-9H2. The molecular weight excluding hydrogens is 242 g/mol. The molecule has 0 aromatic heterocycles. The van der Waals surface area contributed by atoms with Gasteiger partial charge in [-0.3, -0.25) is 15.0 Å². The Labute approximate surface area is 103 Å². The van der Waals surface area contributed by atoms with Crippen LogP contribution in [0, 0.1) is 10.1 Å². The maximum absolute atomic E-state index is 13.2. The van der Waals surface area contributed by atoms with Crippen LogP contribution in [-0.4, -0.2) is 28.8 Å². The Balaban J connectivity index is 1.99. The predicted octanol–water partition coefficient (Wildman–Crippen LogP) is 2.83. The number of hydrogen-bond donors (Lipinski definition) is 0. The zero-order chi connectivity index (χ0) is 13.2. The maximum atomic E-state index is 13.2. The average molecular weight is 256 g/mol. The van der Waals surface area contributed by atoms with Crippen molar-refractivity contribution in [2.45, 2.75) is 25.3 Å². The minimum atomic E-state index is -2.61. The van der Waals surface area contributed by atoms with Crippen molar-refractivity contribution in [3.05, 3.63) is 39.9 Å². The van der Waals surface area contributed by atoms with Gasteiger partial charge in [-0.05, 0) is 18.5 Å². The number of hydrogen-bond acceptors (Lipinski definition) is 3. The second-order valence-electron chi connectivity index (χ2n) is 4.59. The van der Waals surface area contributed by atoms with Crippen molar-refractivity contribution in [2.24, 2.45) is 0 Å². The van der Waals surface area contributed by atoms with Crippen LogP contribution in [0.4, 0.5) is 14.5 Å². The van der Waals surface area contributed by atoms with Crippen molar-refractivity contribution in [1.29, 1.82) is 0 Å². The van der Waals surface area contributed by atoms with Crippen LogP contribution in [0.1, 0.15) is 18.4 Å². The molecule has 1 aromatic rings. The summed E-state index contributed by atoms with van der Waals surface area (Å²) in [6.45, 7) is 0.824. The van der Waals surface area contributed by atoms with Gasteiger partial charge in [0.05, 0.1) is 11.5 Å². The molecule has 1 saturated heterocycles. The summed E-state index contributed by atoms with van der Waals surface area (Å²) in [5.41, 5.74) is 0.834. The van der Waals surface area contributed by atoms with E-state index in [0.29, 0.717) is 19.5 Å². The van der Waals surface area contributed by atoms with Crippen LogP contribution in [0.5, 0.6) is 0 Å². The van der Waals surface area contributed by atoms with Gasteiger partial charge in [-0.2, -0.15) is 0 Å². The van der Waals surface area contributed by atoms with Crippen LogP contribution in [0.25, 0.3) is 0 Å². The average Bonchev–Trinajstić information content (AvgIpc) is 2.28. The zero-order valence-electron chi connectivity index (χ0n) is 9.81. The minimum absolute atomic E-state index is 0.0164. The first-order valence-corrected chi connectivity index (χ1v) is 5.80. The molecule has 0 unspecified atom stereocenters. The largest absolute Gasteiger partial charge is 0.293 e. The molecule has 1 aliphatic heterocycles. The smallest absolute Gasteiger partial charge is 0.269 e. The molecule has 0 spiro atoms. The molecule has 1 aliphatic rings. The topological polar surface area (TPSA) is 46.4 Å². The second-order valence-corrected chi connectivity index (χ2v) is 4.59. The third kappa shape index (κ3) is 3.22. The lowest BCUT2D eigenvalue weighted by atomic mass is 10.1. The van der Waals surface area contributed by atoms with Crippen molar-refractivity contribution >= 4 is 5.69 Å². The van der Waals surface area contributed by atoms with E-state index in [1.807, 2.05) is 0 Å².